The first-order valence-electron chi connectivity index (χ1n) is 7.71. The van der Waals surface area contributed by atoms with E-state index in [-0.39, 0.29) is 16.1 Å². The fourth-order valence-corrected chi connectivity index (χ4v) is 3.13. The maximum absolute atomic E-state index is 12.4. The maximum atomic E-state index is 12.4. The first kappa shape index (κ1) is 19.5. The second kappa shape index (κ2) is 8.01. The number of benzene rings is 2. The monoisotopic (exact) mass is 377 g/mol. The molecule has 2 aromatic carbocycles. The minimum absolute atomic E-state index is 0.102. The molecule has 0 amide bonds. The standard InChI is InChI=1S/C18H19NO6S/c1-12-7-9-16(10-8-12)26(22,23)19-15-6-4-5-14(11-15)18(21)25-13(2)17(20)24-3/h4-11,13,19H,1-3H3/t13-/m0/s1. The molecule has 0 aliphatic rings. The van der Waals surface area contributed by atoms with E-state index in [0.717, 1.165) is 5.56 Å². The molecule has 0 saturated carbocycles. The molecule has 0 spiro atoms. The number of ether oxygens (including phenoxy) is 2. The quantitative estimate of drug-likeness (QED) is 0.777. The third-order valence-electron chi connectivity index (χ3n) is 3.50. The van der Waals surface area contributed by atoms with Gasteiger partial charge < -0.3 is 9.47 Å². The molecule has 0 heterocycles. The van der Waals surface area contributed by atoms with E-state index in [4.69, 9.17) is 4.74 Å². The summed E-state index contributed by atoms with van der Waals surface area (Å²) in [7, 11) is -2.60. The zero-order chi connectivity index (χ0) is 19.3. The zero-order valence-electron chi connectivity index (χ0n) is 14.6. The van der Waals surface area contributed by atoms with Crippen LogP contribution in [0, 0.1) is 6.92 Å². The summed E-state index contributed by atoms with van der Waals surface area (Å²) in [5.74, 6) is -1.45. The van der Waals surface area contributed by atoms with Crippen LogP contribution in [0.2, 0.25) is 0 Å². The lowest BCUT2D eigenvalue weighted by atomic mass is 10.2. The van der Waals surface area contributed by atoms with E-state index in [1.54, 1.807) is 12.1 Å². The van der Waals surface area contributed by atoms with E-state index in [1.165, 1.54) is 50.4 Å². The van der Waals surface area contributed by atoms with Crippen LogP contribution in [-0.4, -0.2) is 33.6 Å². The van der Waals surface area contributed by atoms with Gasteiger partial charge in [-0.15, -0.1) is 0 Å². The zero-order valence-corrected chi connectivity index (χ0v) is 15.4. The molecule has 0 bridgehead atoms. The van der Waals surface area contributed by atoms with Gasteiger partial charge in [0, 0.05) is 5.69 Å². The third-order valence-corrected chi connectivity index (χ3v) is 4.90. The van der Waals surface area contributed by atoms with E-state index >= 15 is 0 Å². The van der Waals surface area contributed by atoms with Crippen LogP contribution in [0.1, 0.15) is 22.8 Å². The van der Waals surface area contributed by atoms with E-state index in [2.05, 4.69) is 9.46 Å². The van der Waals surface area contributed by atoms with Crippen LogP contribution in [0.25, 0.3) is 0 Å². The topological polar surface area (TPSA) is 98.8 Å². The number of nitrogens with one attached hydrogen (secondary N) is 1. The predicted molar refractivity (Wildman–Crippen MR) is 95.3 cm³/mol. The van der Waals surface area contributed by atoms with Gasteiger partial charge in [0.1, 0.15) is 0 Å². The molecule has 138 valence electrons. The number of rotatable bonds is 6. The fraction of sp³-hybridized carbons (Fsp3) is 0.222. The van der Waals surface area contributed by atoms with Crippen molar-refractivity contribution in [3.05, 3.63) is 59.7 Å². The predicted octanol–water partition coefficient (Wildman–Crippen LogP) is 2.51. The molecule has 0 aromatic heterocycles. The Morgan fingerprint density at radius 1 is 1.08 bits per heavy atom. The van der Waals surface area contributed by atoms with Gasteiger partial charge in [-0.25, -0.2) is 18.0 Å². The van der Waals surface area contributed by atoms with E-state index in [9.17, 15) is 18.0 Å². The number of carbonyl (C=O) groups excluding carboxylic acids is 2. The first-order valence-corrected chi connectivity index (χ1v) is 9.19. The molecular formula is C18H19NO6S. The molecule has 1 atom stereocenters. The highest BCUT2D eigenvalue weighted by molar-refractivity contribution is 7.92. The highest BCUT2D eigenvalue weighted by Crippen LogP contribution is 2.18. The van der Waals surface area contributed by atoms with E-state index in [0.29, 0.717) is 0 Å². The van der Waals surface area contributed by atoms with Gasteiger partial charge in [-0.3, -0.25) is 4.72 Å². The van der Waals surface area contributed by atoms with Crippen LogP contribution in [0.3, 0.4) is 0 Å². The number of hydrogen-bond donors (Lipinski definition) is 1. The van der Waals surface area contributed by atoms with Crippen molar-refractivity contribution in [3.63, 3.8) is 0 Å². The molecule has 7 nitrogen and oxygen atoms in total. The van der Waals surface area contributed by atoms with Crippen molar-refractivity contribution in [3.8, 4) is 0 Å². The minimum atomic E-state index is -3.79. The van der Waals surface area contributed by atoms with Gasteiger partial charge in [-0.1, -0.05) is 23.8 Å². The summed E-state index contributed by atoms with van der Waals surface area (Å²) in [4.78, 5) is 23.5. The highest BCUT2D eigenvalue weighted by atomic mass is 32.2. The summed E-state index contributed by atoms with van der Waals surface area (Å²) >= 11 is 0. The number of aryl methyl sites for hydroxylation is 1. The second-order valence-corrected chi connectivity index (χ2v) is 7.25. The summed E-state index contributed by atoms with van der Waals surface area (Å²) in [6.07, 6.45) is -1.07. The van der Waals surface area contributed by atoms with Crippen LogP contribution in [0.5, 0.6) is 0 Å². The lowest BCUT2D eigenvalue weighted by Crippen LogP contribution is -2.25. The third kappa shape index (κ3) is 4.82. The Morgan fingerprint density at radius 3 is 2.35 bits per heavy atom. The molecule has 2 rings (SSSR count). The van der Waals surface area contributed by atoms with E-state index in [1.807, 2.05) is 6.92 Å². The average molecular weight is 377 g/mol. The Hall–Kier alpha value is -2.87. The summed E-state index contributed by atoms with van der Waals surface area (Å²) < 4.78 is 36.7. The second-order valence-electron chi connectivity index (χ2n) is 5.57. The smallest absolute Gasteiger partial charge is 0.346 e. The summed E-state index contributed by atoms with van der Waals surface area (Å²) in [6, 6.07) is 12.2. The van der Waals surface area contributed by atoms with Crippen LogP contribution >= 0.6 is 0 Å². The van der Waals surface area contributed by atoms with Crippen LogP contribution in [0.4, 0.5) is 5.69 Å². The summed E-state index contributed by atoms with van der Waals surface area (Å²) in [5.41, 5.74) is 1.24. The summed E-state index contributed by atoms with van der Waals surface area (Å²) in [6.45, 7) is 3.24. The molecule has 0 saturated heterocycles. The number of hydrogen-bond acceptors (Lipinski definition) is 6. The average Bonchev–Trinajstić information content (AvgIpc) is 2.61. The fourth-order valence-electron chi connectivity index (χ4n) is 2.08. The Balaban J connectivity index is 2.17. The van der Waals surface area contributed by atoms with Crippen LogP contribution in [0.15, 0.2) is 53.4 Å². The number of methoxy groups -OCH3 is 1. The minimum Gasteiger partial charge on any atom is -0.466 e. The van der Waals surface area contributed by atoms with Crippen molar-refractivity contribution in [1.82, 2.24) is 0 Å². The number of carbonyl (C=O) groups is 2. The van der Waals surface area contributed by atoms with Gasteiger partial charge in [-0.05, 0) is 44.2 Å². The van der Waals surface area contributed by atoms with Gasteiger partial charge in [0.15, 0.2) is 6.10 Å². The van der Waals surface area contributed by atoms with Crippen LogP contribution < -0.4 is 4.72 Å². The molecular weight excluding hydrogens is 358 g/mol. The summed E-state index contributed by atoms with van der Waals surface area (Å²) in [5, 5.41) is 0. The first-order chi connectivity index (χ1) is 12.2. The van der Waals surface area contributed by atoms with Gasteiger partial charge >= 0.3 is 11.9 Å². The largest absolute Gasteiger partial charge is 0.466 e. The molecule has 0 aliphatic carbocycles. The molecule has 0 aliphatic heterocycles. The SMILES string of the molecule is COC(=O)[C@H](C)OC(=O)c1cccc(NS(=O)(=O)c2ccc(C)cc2)c1. The number of anilines is 1. The molecule has 0 radical (unpaired) electrons. The van der Waals surface area contributed by atoms with Gasteiger partial charge in [-0.2, -0.15) is 0 Å². The van der Waals surface area contributed by atoms with Crippen molar-refractivity contribution >= 4 is 27.6 Å². The highest BCUT2D eigenvalue weighted by Gasteiger charge is 2.20. The normalized spacial score (nSPS) is 12.1. The number of sulfonamides is 1. The number of esters is 2. The van der Waals surface area contributed by atoms with Gasteiger partial charge in [0.2, 0.25) is 0 Å². The molecule has 8 heteroatoms. The van der Waals surface area contributed by atoms with Crippen molar-refractivity contribution in [2.75, 3.05) is 11.8 Å². The lowest BCUT2D eigenvalue weighted by Gasteiger charge is -2.12. The van der Waals surface area contributed by atoms with Crippen molar-refractivity contribution in [2.45, 2.75) is 24.8 Å². The van der Waals surface area contributed by atoms with Gasteiger partial charge in [0.05, 0.1) is 17.6 Å². The molecule has 26 heavy (non-hydrogen) atoms. The molecule has 1 N–H and O–H groups in total. The maximum Gasteiger partial charge on any atom is 0.346 e. The Morgan fingerprint density at radius 2 is 1.73 bits per heavy atom. The Bertz CT molecular complexity index is 906. The van der Waals surface area contributed by atoms with Crippen molar-refractivity contribution in [1.29, 1.82) is 0 Å². The van der Waals surface area contributed by atoms with Crippen molar-refractivity contribution in [2.24, 2.45) is 0 Å². The Kier molecular flexibility index (Phi) is 5.99. The van der Waals surface area contributed by atoms with Crippen LogP contribution in [-0.2, 0) is 24.3 Å². The Labute approximate surface area is 152 Å². The molecule has 0 fully saturated rings. The van der Waals surface area contributed by atoms with E-state index < -0.39 is 28.1 Å². The lowest BCUT2D eigenvalue weighted by molar-refractivity contribution is -0.149. The van der Waals surface area contributed by atoms with Gasteiger partial charge in [0.25, 0.3) is 10.0 Å². The molecule has 0 unspecified atom stereocenters. The van der Waals surface area contributed by atoms with Crippen molar-refractivity contribution < 1.29 is 27.5 Å². The molecule has 2 aromatic rings.